The van der Waals surface area contributed by atoms with Crippen LogP contribution in [0.25, 0.3) is 10.9 Å². The number of nitrogens with zero attached hydrogens (tertiary/aromatic N) is 3. The average Bonchev–Trinajstić information content (AvgIpc) is 2.94. The van der Waals surface area contributed by atoms with Crippen molar-refractivity contribution in [3.05, 3.63) is 64.3 Å². The van der Waals surface area contributed by atoms with E-state index in [1.807, 2.05) is 18.2 Å². The van der Waals surface area contributed by atoms with E-state index in [4.69, 9.17) is 0 Å². The van der Waals surface area contributed by atoms with Crippen LogP contribution in [0.5, 0.6) is 0 Å². The van der Waals surface area contributed by atoms with E-state index in [1.165, 1.54) is 12.3 Å². The highest BCUT2D eigenvalue weighted by Crippen LogP contribution is 2.24. The molecule has 0 saturated carbocycles. The molecule has 1 aromatic heterocycles. The predicted octanol–water partition coefficient (Wildman–Crippen LogP) is 3.22. The summed E-state index contributed by atoms with van der Waals surface area (Å²) in [6, 6.07) is 12.1. The van der Waals surface area contributed by atoms with E-state index >= 15 is 0 Å². The van der Waals surface area contributed by atoms with E-state index in [9.17, 15) is 10.1 Å². The topological polar surface area (TPSA) is 84.2 Å². The fourth-order valence-electron chi connectivity index (χ4n) is 1.97. The summed E-state index contributed by atoms with van der Waals surface area (Å²) in [7, 11) is 0. The number of nitrogens with one attached hydrogen (secondary N) is 1. The van der Waals surface area contributed by atoms with Crippen molar-refractivity contribution in [3.63, 3.8) is 0 Å². The largest absolute Gasteiger partial charge is 0.278 e. The standard InChI is InChI=1S/C14H10N4O2/c19-18(20)14-7-2-1-4-10(14)8-15-12-5-3-6-13-11(12)9-16-17-13/h1-9H,(H,16,17). The molecular weight excluding hydrogens is 256 g/mol. The summed E-state index contributed by atoms with van der Waals surface area (Å²) >= 11 is 0. The zero-order valence-electron chi connectivity index (χ0n) is 10.4. The summed E-state index contributed by atoms with van der Waals surface area (Å²) in [4.78, 5) is 14.8. The predicted molar refractivity (Wildman–Crippen MR) is 76.4 cm³/mol. The number of rotatable bonds is 3. The maximum atomic E-state index is 10.9. The van der Waals surface area contributed by atoms with E-state index in [0.717, 1.165) is 16.6 Å². The van der Waals surface area contributed by atoms with Crippen LogP contribution in [0.3, 0.4) is 0 Å². The Morgan fingerprint density at radius 1 is 1.20 bits per heavy atom. The molecule has 1 N–H and O–H groups in total. The molecule has 0 aliphatic rings. The van der Waals surface area contributed by atoms with Gasteiger partial charge in [-0.1, -0.05) is 18.2 Å². The first-order chi connectivity index (χ1) is 9.75. The van der Waals surface area contributed by atoms with Gasteiger partial charge in [-0.25, -0.2) is 0 Å². The molecule has 6 heteroatoms. The molecule has 20 heavy (non-hydrogen) atoms. The molecule has 6 nitrogen and oxygen atoms in total. The van der Waals surface area contributed by atoms with Crippen molar-refractivity contribution in [2.75, 3.05) is 0 Å². The summed E-state index contributed by atoms with van der Waals surface area (Å²) in [5.41, 5.74) is 2.10. The Bertz CT molecular complexity index is 808. The summed E-state index contributed by atoms with van der Waals surface area (Å²) in [5, 5.41) is 18.6. The molecule has 0 aliphatic carbocycles. The van der Waals surface area contributed by atoms with Crippen molar-refractivity contribution in [2.24, 2.45) is 4.99 Å². The SMILES string of the molecule is O=[N+]([O-])c1ccccc1C=Nc1cccc2[nH]ncc12. The second kappa shape index (κ2) is 4.93. The molecule has 3 rings (SSSR count). The van der Waals surface area contributed by atoms with Gasteiger partial charge in [-0.3, -0.25) is 20.2 Å². The lowest BCUT2D eigenvalue weighted by molar-refractivity contribution is -0.385. The maximum Gasteiger partial charge on any atom is 0.278 e. The minimum absolute atomic E-state index is 0.0376. The van der Waals surface area contributed by atoms with E-state index in [-0.39, 0.29) is 5.69 Å². The van der Waals surface area contributed by atoms with Crippen LogP contribution < -0.4 is 0 Å². The van der Waals surface area contributed by atoms with Crippen molar-refractivity contribution in [1.29, 1.82) is 0 Å². The second-order valence-electron chi connectivity index (χ2n) is 4.18. The smallest absolute Gasteiger partial charge is 0.278 e. The van der Waals surface area contributed by atoms with Crippen molar-refractivity contribution in [2.45, 2.75) is 0 Å². The first kappa shape index (κ1) is 12.0. The molecule has 0 saturated heterocycles. The highest BCUT2D eigenvalue weighted by molar-refractivity contribution is 5.94. The van der Waals surface area contributed by atoms with Crippen LogP contribution in [0, 0.1) is 10.1 Å². The Labute approximate surface area is 113 Å². The quantitative estimate of drug-likeness (QED) is 0.448. The summed E-state index contributed by atoms with van der Waals surface area (Å²) in [6.45, 7) is 0. The maximum absolute atomic E-state index is 10.9. The number of aromatic amines is 1. The fraction of sp³-hybridized carbons (Fsp3) is 0. The van der Waals surface area contributed by atoms with E-state index in [2.05, 4.69) is 15.2 Å². The van der Waals surface area contributed by atoms with Crippen LogP contribution in [0.15, 0.2) is 53.7 Å². The zero-order chi connectivity index (χ0) is 13.9. The number of para-hydroxylation sites is 1. The number of nitro groups is 1. The van der Waals surface area contributed by atoms with E-state index < -0.39 is 4.92 Å². The Morgan fingerprint density at radius 3 is 2.90 bits per heavy atom. The number of hydrogen-bond acceptors (Lipinski definition) is 4. The van der Waals surface area contributed by atoms with Crippen molar-refractivity contribution < 1.29 is 4.92 Å². The Morgan fingerprint density at radius 2 is 2.05 bits per heavy atom. The van der Waals surface area contributed by atoms with Gasteiger partial charge in [0, 0.05) is 17.7 Å². The summed E-state index contributed by atoms with van der Waals surface area (Å²) < 4.78 is 0. The number of aliphatic imine (C=N–C) groups is 1. The second-order valence-corrected chi connectivity index (χ2v) is 4.18. The van der Waals surface area contributed by atoms with Gasteiger partial charge in [0.25, 0.3) is 5.69 Å². The molecule has 0 unspecified atom stereocenters. The average molecular weight is 266 g/mol. The summed E-state index contributed by atoms with van der Waals surface area (Å²) in [5.74, 6) is 0. The molecule has 0 bridgehead atoms. The van der Waals surface area contributed by atoms with Crippen LogP contribution in [0.4, 0.5) is 11.4 Å². The van der Waals surface area contributed by atoms with Gasteiger partial charge in [0.2, 0.25) is 0 Å². The van der Waals surface area contributed by atoms with E-state index in [0.29, 0.717) is 5.56 Å². The van der Waals surface area contributed by atoms with Gasteiger partial charge in [0.05, 0.1) is 27.9 Å². The summed E-state index contributed by atoms with van der Waals surface area (Å²) in [6.07, 6.45) is 3.18. The van der Waals surface area contributed by atoms with Crippen LogP contribution in [-0.4, -0.2) is 21.3 Å². The monoisotopic (exact) mass is 266 g/mol. The molecule has 0 amide bonds. The van der Waals surface area contributed by atoms with Gasteiger partial charge in [0.15, 0.2) is 0 Å². The normalized spacial score (nSPS) is 11.2. The van der Waals surface area contributed by atoms with Crippen molar-refractivity contribution in [3.8, 4) is 0 Å². The van der Waals surface area contributed by atoms with Gasteiger partial charge in [-0.15, -0.1) is 0 Å². The van der Waals surface area contributed by atoms with Crippen LogP contribution >= 0.6 is 0 Å². The molecule has 2 aromatic carbocycles. The number of aromatic nitrogens is 2. The molecule has 3 aromatic rings. The molecule has 0 atom stereocenters. The third-order valence-corrected chi connectivity index (χ3v) is 2.94. The van der Waals surface area contributed by atoms with Crippen LogP contribution in [0.2, 0.25) is 0 Å². The first-order valence-electron chi connectivity index (χ1n) is 5.95. The van der Waals surface area contributed by atoms with E-state index in [1.54, 1.807) is 24.4 Å². The first-order valence-corrected chi connectivity index (χ1v) is 5.95. The minimum Gasteiger partial charge on any atom is -0.278 e. The molecule has 0 spiro atoms. The molecule has 98 valence electrons. The lowest BCUT2D eigenvalue weighted by atomic mass is 10.2. The zero-order valence-corrected chi connectivity index (χ0v) is 10.4. The number of H-pyrrole nitrogens is 1. The third kappa shape index (κ3) is 2.14. The fourth-order valence-corrected chi connectivity index (χ4v) is 1.97. The molecule has 0 aliphatic heterocycles. The van der Waals surface area contributed by atoms with Crippen LogP contribution in [-0.2, 0) is 0 Å². The Hall–Kier alpha value is -3.02. The minimum atomic E-state index is -0.417. The Kier molecular flexibility index (Phi) is 2.96. The van der Waals surface area contributed by atoms with Gasteiger partial charge in [0.1, 0.15) is 0 Å². The van der Waals surface area contributed by atoms with Gasteiger partial charge in [-0.2, -0.15) is 5.10 Å². The van der Waals surface area contributed by atoms with Crippen molar-refractivity contribution in [1.82, 2.24) is 10.2 Å². The lowest BCUT2D eigenvalue weighted by Crippen LogP contribution is -1.93. The molecule has 0 radical (unpaired) electrons. The number of fused-ring (bicyclic) bond motifs is 1. The van der Waals surface area contributed by atoms with Gasteiger partial charge in [-0.05, 0) is 18.2 Å². The molecule has 1 heterocycles. The highest BCUT2D eigenvalue weighted by Gasteiger charge is 2.10. The number of nitro benzene ring substituents is 1. The van der Waals surface area contributed by atoms with Crippen LogP contribution in [0.1, 0.15) is 5.56 Å². The Balaban J connectivity index is 2.03. The molecular formula is C14H10N4O2. The number of hydrogen-bond donors (Lipinski definition) is 1. The van der Waals surface area contributed by atoms with Gasteiger partial charge < -0.3 is 0 Å². The van der Waals surface area contributed by atoms with Gasteiger partial charge >= 0.3 is 0 Å². The third-order valence-electron chi connectivity index (χ3n) is 2.94. The number of benzene rings is 2. The lowest BCUT2D eigenvalue weighted by Gasteiger charge is -1.97. The highest BCUT2D eigenvalue weighted by atomic mass is 16.6. The molecule has 0 fully saturated rings. The van der Waals surface area contributed by atoms with Crippen molar-refractivity contribution >= 4 is 28.5 Å².